The Morgan fingerprint density at radius 3 is 2.65 bits per heavy atom. The summed E-state index contributed by atoms with van der Waals surface area (Å²) >= 11 is 13.4. The highest BCUT2D eigenvalue weighted by atomic mass is 35.5. The molecule has 2 nitrogen and oxygen atoms in total. The van der Waals surface area contributed by atoms with E-state index in [4.69, 9.17) is 28.9 Å². The molecule has 0 spiro atoms. The van der Waals surface area contributed by atoms with Crippen LogP contribution in [-0.2, 0) is 6.54 Å². The average molecular weight is 333 g/mol. The van der Waals surface area contributed by atoms with Crippen molar-refractivity contribution in [3.05, 3.63) is 55.9 Å². The first-order valence-electron chi connectivity index (χ1n) is 6.10. The average Bonchev–Trinajstić information content (AvgIpc) is 2.80. The number of likely N-dealkylation sites (N-methyl/N-ethyl adjacent to an activating group) is 1. The number of halogens is 3. The molecule has 2 aromatic rings. The van der Waals surface area contributed by atoms with E-state index in [0.29, 0.717) is 23.7 Å². The van der Waals surface area contributed by atoms with Crippen LogP contribution in [0.5, 0.6) is 0 Å². The van der Waals surface area contributed by atoms with Gasteiger partial charge in [0.25, 0.3) is 0 Å². The maximum Gasteiger partial charge on any atom is 0.128 e. The standard InChI is InChI=1S/C14H15Cl2FN2S/c1-19(8-10-3-5-14(16)20-10)13(7-18)11-6-9(15)2-4-12(11)17/h2-6,13H,7-8,18H2,1H3. The number of rotatable bonds is 5. The van der Waals surface area contributed by atoms with E-state index in [1.807, 2.05) is 24.1 Å². The van der Waals surface area contributed by atoms with Gasteiger partial charge >= 0.3 is 0 Å². The Bertz CT molecular complexity index is 588. The molecule has 1 heterocycles. The molecule has 0 fully saturated rings. The number of hydrogen-bond acceptors (Lipinski definition) is 3. The molecular weight excluding hydrogens is 318 g/mol. The first kappa shape index (κ1) is 15.7. The van der Waals surface area contributed by atoms with Crippen molar-refractivity contribution in [2.75, 3.05) is 13.6 Å². The molecule has 1 unspecified atom stereocenters. The summed E-state index contributed by atoms with van der Waals surface area (Å²) in [5.41, 5.74) is 6.33. The molecule has 6 heteroatoms. The molecule has 0 saturated carbocycles. The van der Waals surface area contributed by atoms with E-state index in [0.717, 1.165) is 9.21 Å². The van der Waals surface area contributed by atoms with Gasteiger partial charge < -0.3 is 5.73 Å². The number of hydrogen-bond donors (Lipinski definition) is 1. The maximum absolute atomic E-state index is 14.0. The van der Waals surface area contributed by atoms with E-state index in [-0.39, 0.29) is 11.9 Å². The summed E-state index contributed by atoms with van der Waals surface area (Å²) in [6, 6.07) is 8.13. The van der Waals surface area contributed by atoms with E-state index in [1.54, 1.807) is 6.07 Å². The molecule has 1 aromatic carbocycles. The van der Waals surface area contributed by atoms with Crippen molar-refractivity contribution in [1.82, 2.24) is 4.90 Å². The lowest BCUT2D eigenvalue weighted by atomic mass is 10.0. The zero-order valence-corrected chi connectivity index (χ0v) is 13.3. The maximum atomic E-state index is 14.0. The first-order chi connectivity index (χ1) is 9.51. The summed E-state index contributed by atoms with van der Waals surface area (Å²) in [5, 5.41) is 0.507. The highest BCUT2D eigenvalue weighted by Crippen LogP contribution is 2.28. The van der Waals surface area contributed by atoms with Crippen molar-refractivity contribution in [3.8, 4) is 0 Å². The third-order valence-electron chi connectivity index (χ3n) is 3.11. The summed E-state index contributed by atoms with van der Waals surface area (Å²) in [6.07, 6.45) is 0. The molecule has 0 radical (unpaired) electrons. The highest BCUT2D eigenvalue weighted by Gasteiger charge is 2.20. The van der Waals surface area contributed by atoms with Crippen molar-refractivity contribution < 1.29 is 4.39 Å². The van der Waals surface area contributed by atoms with Crippen LogP contribution in [0.25, 0.3) is 0 Å². The fourth-order valence-corrected chi connectivity index (χ4v) is 3.44. The van der Waals surface area contributed by atoms with Gasteiger partial charge in [-0.05, 0) is 37.4 Å². The summed E-state index contributed by atoms with van der Waals surface area (Å²) < 4.78 is 14.7. The Hall–Kier alpha value is -0.650. The molecule has 0 bridgehead atoms. The van der Waals surface area contributed by atoms with Crippen LogP contribution >= 0.6 is 34.5 Å². The molecule has 0 aliphatic heterocycles. The lowest BCUT2D eigenvalue weighted by molar-refractivity contribution is 0.239. The van der Waals surface area contributed by atoms with Gasteiger partial charge in [0, 0.05) is 28.6 Å². The quantitative estimate of drug-likeness (QED) is 0.883. The van der Waals surface area contributed by atoms with Crippen LogP contribution < -0.4 is 5.73 Å². The van der Waals surface area contributed by atoms with Gasteiger partial charge in [-0.2, -0.15) is 0 Å². The second kappa shape index (κ2) is 6.87. The number of thiophene rings is 1. The highest BCUT2D eigenvalue weighted by molar-refractivity contribution is 7.16. The molecule has 1 atom stereocenters. The van der Waals surface area contributed by atoms with Gasteiger partial charge in [0.2, 0.25) is 0 Å². The van der Waals surface area contributed by atoms with Crippen LogP contribution in [-0.4, -0.2) is 18.5 Å². The zero-order valence-electron chi connectivity index (χ0n) is 10.9. The van der Waals surface area contributed by atoms with Gasteiger partial charge in [-0.15, -0.1) is 11.3 Å². The molecule has 0 aliphatic carbocycles. The Morgan fingerprint density at radius 1 is 1.30 bits per heavy atom. The van der Waals surface area contributed by atoms with Gasteiger partial charge in [0.1, 0.15) is 5.82 Å². The first-order valence-corrected chi connectivity index (χ1v) is 7.68. The predicted molar refractivity (Wildman–Crippen MR) is 84.0 cm³/mol. The Morgan fingerprint density at radius 2 is 2.05 bits per heavy atom. The van der Waals surface area contributed by atoms with Crippen molar-refractivity contribution in [3.63, 3.8) is 0 Å². The fourth-order valence-electron chi connectivity index (χ4n) is 2.11. The van der Waals surface area contributed by atoms with E-state index in [2.05, 4.69) is 0 Å². The lowest BCUT2D eigenvalue weighted by Crippen LogP contribution is -2.30. The number of benzene rings is 1. The summed E-state index contributed by atoms with van der Waals surface area (Å²) in [7, 11) is 1.91. The molecule has 2 N–H and O–H groups in total. The van der Waals surface area contributed by atoms with Gasteiger partial charge in [-0.25, -0.2) is 4.39 Å². The molecule has 0 amide bonds. The van der Waals surface area contributed by atoms with Gasteiger partial charge in [0.05, 0.1) is 10.4 Å². The Labute approximate surface area is 131 Å². The minimum Gasteiger partial charge on any atom is -0.329 e. The minimum absolute atomic E-state index is 0.227. The summed E-state index contributed by atoms with van der Waals surface area (Å²) in [6.45, 7) is 0.970. The van der Waals surface area contributed by atoms with Gasteiger partial charge in [-0.3, -0.25) is 4.90 Å². The molecule has 108 valence electrons. The topological polar surface area (TPSA) is 29.3 Å². The van der Waals surface area contributed by atoms with E-state index in [9.17, 15) is 4.39 Å². The van der Waals surface area contributed by atoms with E-state index >= 15 is 0 Å². The largest absolute Gasteiger partial charge is 0.329 e. The van der Waals surface area contributed by atoms with Crippen molar-refractivity contribution in [2.45, 2.75) is 12.6 Å². The molecule has 2 rings (SSSR count). The molecule has 20 heavy (non-hydrogen) atoms. The Balaban J connectivity index is 2.20. The lowest BCUT2D eigenvalue weighted by Gasteiger charge is -2.27. The van der Waals surface area contributed by atoms with Crippen molar-refractivity contribution in [1.29, 1.82) is 0 Å². The van der Waals surface area contributed by atoms with E-state index < -0.39 is 0 Å². The van der Waals surface area contributed by atoms with Gasteiger partial charge in [-0.1, -0.05) is 23.2 Å². The normalized spacial score (nSPS) is 12.9. The van der Waals surface area contributed by atoms with Crippen LogP contribution in [0.4, 0.5) is 4.39 Å². The smallest absolute Gasteiger partial charge is 0.128 e. The SMILES string of the molecule is CN(Cc1ccc(Cl)s1)C(CN)c1cc(Cl)ccc1F. The second-order valence-electron chi connectivity index (χ2n) is 4.54. The number of nitrogens with two attached hydrogens (primary N) is 1. The zero-order chi connectivity index (χ0) is 14.7. The summed E-state index contributed by atoms with van der Waals surface area (Å²) in [5.74, 6) is -0.291. The minimum atomic E-state index is -0.291. The fraction of sp³-hybridized carbons (Fsp3) is 0.286. The van der Waals surface area contributed by atoms with Crippen LogP contribution in [0.3, 0.4) is 0 Å². The van der Waals surface area contributed by atoms with Crippen LogP contribution in [0.2, 0.25) is 9.36 Å². The predicted octanol–water partition coefficient (Wildman–Crippen LogP) is 4.33. The van der Waals surface area contributed by atoms with Crippen LogP contribution in [0.15, 0.2) is 30.3 Å². The molecule has 0 aliphatic rings. The third-order valence-corrected chi connectivity index (χ3v) is 4.56. The van der Waals surface area contributed by atoms with Crippen LogP contribution in [0.1, 0.15) is 16.5 Å². The Kier molecular flexibility index (Phi) is 5.41. The van der Waals surface area contributed by atoms with Crippen molar-refractivity contribution >= 4 is 34.5 Å². The number of nitrogens with zero attached hydrogens (tertiary/aromatic N) is 1. The molecular formula is C14H15Cl2FN2S. The van der Waals surface area contributed by atoms with Gasteiger partial charge in [0.15, 0.2) is 0 Å². The second-order valence-corrected chi connectivity index (χ2v) is 6.77. The van der Waals surface area contributed by atoms with Crippen molar-refractivity contribution in [2.24, 2.45) is 5.73 Å². The third kappa shape index (κ3) is 3.71. The molecule has 0 saturated heterocycles. The molecule has 1 aromatic heterocycles. The van der Waals surface area contributed by atoms with E-state index in [1.165, 1.54) is 23.5 Å². The van der Waals surface area contributed by atoms with Crippen LogP contribution in [0, 0.1) is 5.82 Å². The summed E-state index contributed by atoms with van der Waals surface area (Å²) in [4.78, 5) is 3.11. The monoisotopic (exact) mass is 332 g/mol.